The molecule has 1 unspecified atom stereocenters. The Balaban J connectivity index is 1.73. The molecule has 0 radical (unpaired) electrons. The zero-order valence-corrected chi connectivity index (χ0v) is 11.5. The van der Waals surface area contributed by atoms with Crippen molar-refractivity contribution in [2.75, 3.05) is 13.2 Å². The van der Waals surface area contributed by atoms with Crippen LogP contribution < -0.4 is 5.32 Å². The highest BCUT2D eigenvalue weighted by Gasteiger charge is 2.31. The Hall–Kier alpha value is -0.800. The number of hydrogen-bond acceptors (Lipinski definition) is 3. The van der Waals surface area contributed by atoms with Crippen molar-refractivity contribution in [1.82, 2.24) is 5.32 Å². The molecule has 0 aromatic carbocycles. The van der Waals surface area contributed by atoms with Crippen LogP contribution in [0.4, 0.5) is 0 Å². The Bertz CT molecular complexity index is 317. The van der Waals surface area contributed by atoms with Gasteiger partial charge in [-0.15, -0.1) is 0 Å². The molecule has 1 aliphatic carbocycles. The average molecular weight is 251 g/mol. The van der Waals surface area contributed by atoms with Crippen molar-refractivity contribution in [2.45, 2.75) is 51.7 Å². The molecule has 0 spiro atoms. The first-order valence-corrected chi connectivity index (χ1v) is 7.19. The van der Waals surface area contributed by atoms with Gasteiger partial charge in [0.2, 0.25) is 0 Å². The van der Waals surface area contributed by atoms with Gasteiger partial charge in [0.15, 0.2) is 0 Å². The lowest BCUT2D eigenvalue weighted by molar-refractivity contribution is -0.0290. The molecule has 2 rings (SSSR count). The highest BCUT2D eigenvalue weighted by atomic mass is 16.5. The maximum absolute atomic E-state index is 5.62. The van der Waals surface area contributed by atoms with E-state index >= 15 is 0 Å². The monoisotopic (exact) mass is 251 g/mol. The number of hydrogen-bond donors (Lipinski definition) is 1. The molecule has 0 saturated heterocycles. The fraction of sp³-hybridized carbons (Fsp3) is 0.733. The van der Waals surface area contributed by atoms with Crippen molar-refractivity contribution in [2.24, 2.45) is 5.92 Å². The number of likely N-dealkylation sites (N-methyl/N-ethyl adjacent to an activating group) is 1. The van der Waals surface area contributed by atoms with E-state index in [1.807, 2.05) is 6.07 Å². The highest BCUT2D eigenvalue weighted by molar-refractivity contribution is 5.01. The van der Waals surface area contributed by atoms with Crippen molar-refractivity contribution >= 4 is 0 Å². The molecule has 3 heteroatoms. The van der Waals surface area contributed by atoms with E-state index in [0.717, 1.165) is 31.3 Å². The molecule has 1 aromatic heterocycles. The molecule has 1 fully saturated rings. The summed E-state index contributed by atoms with van der Waals surface area (Å²) in [5.41, 5.74) is 0. The topological polar surface area (TPSA) is 34.4 Å². The van der Waals surface area contributed by atoms with E-state index in [9.17, 15) is 0 Å². The summed E-state index contributed by atoms with van der Waals surface area (Å²) in [7, 11) is 0. The van der Waals surface area contributed by atoms with Crippen molar-refractivity contribution in [1.29, 1.82) is 0 Å². The molecule has 3 nitrogen and oxygen atoms in total. The molecule has 0 bridgehead atoms. The standard InChI is InChI=1S/C15H25NO2/c1-3-16-13(11-14-6-5-7-18-14)8-12-9-15(10-12)17-4-2/h5-7,12-13,15-16H,3-4,8-11H2,1-2H3. The number of ether oxygens (including phenoxy) is 1. The highest BCUT2D eigenvalue weighted by Crippen LogP contribution is 2.34. The quantitative estimate of drug-likeness (QED) is 0.771. The third kappa shape index (κ3) is 3.85. The van der Waals surface area contributed by atoms with Gasteiger partial charge < -0.3 is 14.5 Å². The molecule has 1 aliphatic rings. The van der Waals surface area contributed by atoms with E-state index in [4.69, 9.17) is 9.15 Å². The van der Waals surface area contributed by atoms with Gasteiger partial charge in [-0.1, -0.05) is 6.92 Å². The minimum atomic E-state index is 0.519. The van der Waals surface area contributed by atoms with Crippen LogP contribution in [-0.4, -0.2) is 25.3 Å². The predicted octanol–water partition coefficient (Wildman–Crippen LogP) is 3.01. The van der Waals surface area contributed by atoms with Gasteiger partial charge in [-0.3, -0.25) is 0 Å². The van der Waals surface area contributed by atoms with Gasteiger partial charge in [-0.2, -0.15) is 0 Å². The molecular formula is C15H25NO2. The summed E-state index contributed by atoms with van der Waals surface area (Å²) in [4.78, 5) is 0. The maximum atomic E-state index is 5.62. The fourth-order valence-electron chi connectivity index (χ4n) is 2.84. The molecule has 1 saturated carbocycles. The van der Waals surface area contributed by atoms with E-state index in [1.54, 1.807) is 6.26 Å². The normalized spacial score (nSPS) is 24.8. The smallest absolute Gasteiger partial charge is 0.105 e. The van der Waals surface area contributed by atoms with E-state index in [1.165, 1.54) is 19.3 Å². The summed E-state index contributed by atoms with van der Waals surface area (Å²) in [5.74, 6) is 1.90. The van der Waals surface area contributed by atoms with Crippen LogP contribution in [0.25, 0.3) is 0 Å². The Labute approximate surface area is 110 Å². The molecule has 1 heterocycles. The van der Waals surface area contributed by atoms with Crippen LogP contribution in [0.3, 0.4) is 0 Å². The number of nitrogens with one attached hydrogen (secondary N) is 1. The van der Waals surface area contributed by atoms with Gasteiger partial charge in [0.05, 0.1) is 12.4 Å². The average Bonchev–Trinajstić information content (AvgIpc) is 2.79. The molecule has 1 aromatic rings. The summed E-state index contributed by atoms with van der Waals surface area (Å²) in [6.45, 7) is 6.11. The molecular weight excluding hydrogens is 226 g/mol. The van der Waals surface area contributed by atoms with Crippen LogP contribution >= 0.6 is 0 Å². The summed E-state index contributed by atoms with van der Waals surface area (Å²) in [5, 5.41) is 3.57. The Morgan fingerprint density at radius 3 is 2.89 bits per heavy atom. The third-order valence-corrected chi connectivity index (χ3v) is 3.73. The van der Waals surface area contributed by atoms with Crippen molar-refractivity contribution in [3.63, 3.8) is 0 Å². The Morgan fingerprint density at radius 2 is 2.28 bits per heavy atom. The molecule has 1 atom stereocenters. The van der Waals surface area contributed by atoms with Crippen LogP contribution in [-0.2, 0) is 11.2 Å². The van der Waals surface area contributed by atoms with E-state index in [0.29, 0.717) is 12.1 Å². The minimum Gasteiger partial charge on any atom is -0.469 e. The summed E-state index contributed by atoms with van der Waals surface area (Å²) in [6.07, 6.45) is 6.97. The summed E-state index contributed by atoms with van der Waals surface area (Å²) in [6, 6.07) is 4.56. The van der Waals surface area contributed by atoms with Crippen LogP contribution in [0.5, 0.6) is 0 Å². The zero-order chi connectivity index (χ0) is 12.8. The van der Waals surface area contributed by atoms with Gasteiger partial charge >= 0.3 is 0 Å². The summed E-state index contributed by atoms with van der Waals surface area (Å²) >= 11 is 0. The largest absolute Gasteiger partial charge is 0.469 e. The van der Waals surface area contributed by atoms with Crippen LogP contribution in [0.1, 0.15) is 38.9 Å². The molecule has 0 amide bonds. The van der Waals surface area contributed by atoms with Crippen LogP contribution in [0.2, 0.25) is 0 Å². The van der Waals surface area contributed by atoms with Gasteiger partial charge in [0, 0.05) is 19.1 Å². The second-order valence-corrected chi connectivity index (χ2v) is 5.19. The van der Waals surface area contributed by atoms with E-state index in [-0.39, 0.29) is 0 Å². The van der Waals surface area contributed by atoms with E-state index in [2.05, 4.69) is 25.2 Å². The molecule has 18 heavy (non-hydrogen) atoms. The third-order valence-electron chi connectivity index (χ3n) is 3.73. The van der Waals surface area contributed by atoms with E-state index < -0.39 is 0 Å². The molecule has 102 valence electrons. The number of rotatable bonds is 8. The SMILES string of the molecule is CCNC(Cc1ccco1)CC1CC(OCC)C1. The first kappa shape index (κ1) is 13.6. The zero-order valence-electron chi connectivity index (χ0n) is 11.5. The maximum Gasteiger partial charge on any atom is 0.105 e. The van der Waals surface area contributed by atoms with Crippen molar-refractivity contribution in [3.05, 3.63) is 24.2 Å². The lowest BCUT2D eigenvalue weighted by atomic mass is 9.77. The second-order valence-electron chi connectivity index (χ2n) is 5.19. The van der Waals surface area contributed by atoms with Crippen LogP contribution in [0, 0.1) is 5.92 Å². The Kier molecular flexibility index (Phi) is 5.26. The Morgan fingerprint density at radius 1 is 1.44 bits per heavy atom. The van der Waals surface area contributed by atoms with Gasteiger partial charge in [0.25, 0.3) is 0 Å². The van der Waals surface area contributed by atoms with Crippen LogP contribution in [0.15, 0.2) is 22.8 Å². The molecule has 1 N–H and O–H groups in total. The molecule has 0 aliphatic heterocycles. The second kappa shape index (κ2) is 6.95. The lowest BCUT2D eigenvalue weighted by Gasteiger charge is -2.37. The fourth-order valence-corrected chi connectivity index (χ4v) is 2.84. The minimum absolute atomic E-state index is 0.519. The number of furan rings is 1. The predicted molar refractivity (Wildman–Crippen MR) is 72.6 cm³/mol. The van der Waals surface area contributed by atoms with Crippen molar-refractivity contribution in [3.8, 4) is 0 Å². The van der Waals surface area contributed by atoms with Gasteiger partial charge in [0.1, 0.15) is 5.76 Å². The lowest BCUT2D eigenvalue weighted by Crippen LogP contribution is -2.39. The first-order chi connectivity index (χ1) is 8.81. The summed E-state index contributed by atoms with van der Waals surface area (Å²) < 4.78 is 11.1. The van der Waals surface area contributed by atoms with Gasteiger partial charge in [-0.25, -0.2) is 0 Å². The van der Waals surface area contributed by atoms with Gasteiger partial charge in [-0.05, 0) is 50.8 Å². The van der Waals surface area contributed by atoms with Crippen molar-refractivity contribution < 1.29 is 9.15 Å². The first-order valence-electron chi connectivity index (χ1n) is 7.19.